The monoisotopic (exact) mass is 248 g/mol. The number of aliphatic hydroxyl groups is 2. The standard InChI is InChI=1S/C9H16O6Si/c1-8(4-10,13-3)9(2)6(15-16)5(11)7(12)14-9/h10-11H,4H2,1-3,16H3/t8-,9-/m0/s1. The Hall–Kier alpha value is -1.05. The number of esters is 1. The zero-order valence-electron chi connectivity index (χ0n) is 9.73. The number of carbonyl (C=O) groups is 1. The summed E-state index contributed by atoms with van der Waals surface area (Å²) in [5, 5.41) is 18.8. The van der Waals surface area contributed by atoms with Crippen LogP contribution in [0.3, 0.4) is 0 Å². The Morgan fingerprint density at radius 1 is 1.62 bits per heavy atom. The minimum Gasteiger partial charge on any atom is -0.551 e. The molecular formula is C9H16O6Si. The Balaban J connectivity index is 3.26. The van der Waals surface area contributed by atoms with Crippen molar-refractivity contribution in [2.45, 2.75) is 25.0 Å². The highest BCUT2D eigenvalue weighted by atomic mass is 28.2. The van der Waals surface area contributed by atoms with E-state index in [-0.39, 0.29) is 22.9 Å². The maximum Gasteiger partial charge on any atom is 0.378 e. The third-order valence-corrected chi connectivity index (χ3v) is 3.51. The molecule has 2 atom stereocenters. The first-order chi connectivity index (χ1) is 7.36. The maximum absolute atomic E-state index is 11.3. The third kappa shape index (κ3) is 1.51. The fourth-order valence-corrected chi connectivity index (χ4v) is 2.23. The minimum absolute atomic E-state index is 0.0163. The molecule has 0 bridgehead atoms. The first-order valence-electron chi connectivity index (χ1n) is 4.73. The molecule has 0 aromatic carbocycles. The number of methoxy groups -OCH3 is 1. The molecule has 0 aromatic heterocycles. The van der Waals surface area contributed by atoms with Crippen molar-refractivity contribution in [2.24, 2.45) is 0 Å². The van der Waals surface area contributed by atoms with Gasteiger partial charge in [0, 0.05) is 7.11 Å². The van der Waals surface area contributed by atoms with Crippen molar-refractivity contribution < 1.29 is 28.9 Å². The van der Waals surface area contributed by atoms with E-state index < -0.39 is 22.9 Å². The van der Waals surface area contributed by atoms with Crippen LogP contribution in [-0.2, 0) is 18.7 Å². The first kappa shape index (κ1) is 13.0. The lowest BCUT2D eigenvalue weighted by atomic mass is 9.85. The van der Waals surface area contributed by atoms with Gasteiger partial charge in [-0.25, -0.2) is 4.79 Å². The van der Waals surface area contributed by atoms with Crippen LogP contribution in [0.15, 0.2) is 11.5 Å². The second kappa shape index (κ2) is 4.08. The topological polar surface area (TPSA) is 85.2 Å². The van der Waals surface area contributed by atoms with Crippen molar-refractivity contribution in [1.82, 2.24) is 0 Å². The molecule has 1 aliphatic rings. The molecular weight excluding hydrogens is 232 g/mol. The molecule has 2 N–H and O–H groups in total. The third-order valence-electron chi connectivity index (χ3n) is 3.10. The van der Waals surface area contributed by atoms with E-state index in [1.807, 2.05) is 0 Å². The summed E-state index contributed by atoms with van der Waals surface area (Å²) in [7, 11) is 1.67. The summed E-state index contributed by atoms with van der Waals surface area (Å²) in [6, 6.07) is 0. The average Bonchev–Trinajstić information content (AvgIpc) is 2.49. The highest BCUT2D eigenvalue weighted by molar-refractivity contribution is 6.00. The van der Waals surface area contributed by atoms with Crippen LogP contribution in [0.25, 0.3) is 0 Å². The SMILES string of the molecule is CO[C@@](C)(CO)[C@@]1(C)OC(=O)C(O)=C1O[SiH3]. The fraction of sp³-hybridized carbons (Fsp3) is 0.667. The van der Waals surface area contributed by atoms with Gasteiger partial charge in [0.15, 0.2) is 11.4 Å². The molecule has 0 aromatic rings. The van der Waals surface area contributed by atoms with Gasteiger partial charge < -0.3 is 24.1 Å². The van der Waals surface area contributed by atoms with Gasteiger partial charge in [-0.15, -0.1) is 0 Å². The van der Waals surface area contributed by atoms with Crippen molar-refractivity contribution in [3.63, 3.8) is 0 Å². The quantitative estimate of drug-likeness (QED) is 0.478. The molecule has 1 heterocycles. The van der Waals surface area contributed by atoms with Gasteiger partial charge in [-0.1, -0.05) is 0 Å². The van der Waals surface area contributed by atoms with Crippen molar-refractivity contribution in [2.75, 3.05) is 13.7 Å². The second-order valence-electron chi connectivity index (χ2n) is 3.90. The van der Waals surface area contributed by atoms with Crippen molar-refractivity contribution in [3.8, 4) is 0 Å². The molecule has 16 heavy (non-hydrogen) atoms. The van der Waals surface area contributed by atoms with Crippen LogP contribution < -0.4 is 0 Å². The van der Waals surface area contributed by atoms with Gasteiger partial charge in [0.05, 0.1) is 6.61 Å². The molecule has 1 rings (SSSR count). The Labute approximate surface area is 96.3 Å². The molecule has 6 nitrogen and oxygen atoms in total. The predicted octanol–water partition coefficient (Wildman–Crippen LogP) is -1.23. The predicted molar refractivity (Wildman–Crippen MR) is 57.7 cm³/mol. The molecule has 0 radical (unpaired) electrons. The minimum atomic E-state index is -1.32. The zero-order valence-corrected chi connectivity index (χ0v) is 11.7. The highest BCUT2D eigenvalue weighted by Crippen LogP contribution is 2.41. The van der Waals surface area contributed by atoms with Crippen molar-refractivity contribution >= 4 is 16.5 Å². The molecule has 0 saturated heterocycles. The molecule has 92 valence electrons. The van der Waals surface area contributed by atoms with Gasteiger partial charge >= 0.3 is 5.97 Å². The van der Waals surface area contributed by atoms with Gasteiger partial charge in [-0.05, 0) is 13.8 Å². The number of cyclic esters (lactones) is 1. The molecule has 7 heteroatoms. The van der Waals surface area contributed by atoms with Crippen LogP contribution in [0, 0.1) is 0 Å². The maximum atomic E-state index is 11.3. The lowest BCUT2D eigenvalue weighted by Crippen LogP contribution is -2.56. The summed E-state index contributed by atoms with van der Waals surface area (Å²) < 4.78 is 15.3. The normalized spacial score (nSPS) is 29.1. The number of hydrogen-bond donors (Lipinski definition) is 2. The Bertz CT molecular complexity index is 335. The summed E-state index contributed by atoms with van der Waals surface area (Å²) in [6.07, 6.45) is 0. The summed E-state index contributed by atoms with van der Waals surface area (Å²) in [6.45, 7) is 2.72. The van der Waals surface area contributed by atoms with Crippen LogP contribution in [0.4, 0.5) is 0 Å². The lowest BCUT2D eigenvalue weighted by Gasteiger charge is -2.40. The molecule has 0 amide bonds. The smallest absolute Gasteiger partial charge is 0.378 e. The van der Waals surface area contributed by atoms with Gasteiger partial charge in [-0.2, -0.15) is 0 Å². The Morgan fingerprint density at radius 2 is 2.19 bits per heavy atom. The largest absolute Gasteiger partial charge is 0.551 e. The molecule has 0 unspecified atom stereocenters. The van der Waals surface area contributed by atoms with Crippen LogP contribution in [0.5, 0.6) is 0 Å². The van der Waals surface area contributed by atoms with E-state index in [9.17, 15) is 15.0 Å². The van der Waals surface area contributed by atoms with Crippen molar-refractivity contribution in [1.29, 1.82) is 0 Å². The van der Waals surface area contributed by atoms with Crippen LogP contribution in [0.2, 0.25) is 0 Å². The summed E-state index contributed by atoms with van der Waals surface area (Å²) in [5.41, 5.74) is -2.49. The molecule has 1 aliphatic heterocycles. The van der Waals surface area contributed by atoms with E-state index in [0.29, 0.717) is 0 Å². The van der Waals surface area contributed by atoms with E-state index in [0.717, 1.165) is 0 Å². The molecule has 0 aliphatic carbocycles. The highest BCUT2D eigenvalue weighted by Gasteiger charge is 2.58. The van der Waals surface area contributed by atoms with E-state index in [4.69, 9.17) is 13.9 Å². The van der Waals surface area contributed by atoms with Gasteiger partial charge in [0.25, 0.3) is 0 Å². The van der Waals surface area contributed by atoms with Crippen LogP contribution >= 0.6 is 0 Å². The average molecular weight is 248 g/mol. The zero-order chi connectivity index (χ0) is 12.6. The molecule has 0 spiro atoms. The van der Waals surface area contributed by atoms with Gasteiger partial charge in [-0.3, -0.25) is 0 Å². The molecule has 0 saturated carbocycles. The number of aliphatic hydroxyl groups excluding tert-OH is 2. The molecule has 0 fully saturated rings. The fourth-order valence-electron chi connectivity index (χ4n) is 1.65. The van der Waals surface area contributed by atoms with Crippen molar-refractivity contribution in [3.05, 3.63) is 11.5 Å². The van der Waals surface area contributed by atoms with E-state index in [1.54, 1.807) is 6.92 Å². The summed E-state index contributed by atoms with van der Waals surface area (Å²) >= 11 is 0. The van der Waals surface area contributed by atoms with Crippen LogP contribution in [0.1, 0.15) is 13.8 Å². The van der Waals surface area contributed by atoms with Gasteiger partial charge in [0.1, 0.15) is 5.60 Å². The van der Waals surface area contributed by atoms with E-state index in [2.05, 4.69) is 0 Å². The number of carbonyl (C=O) groups excluding carboxylic acids is 1. The number of rotatable bonds is 4. The van der Waals surface area contributed by atoms with E-state index >= 15 is 0 Å². The number of ether oxygens (including phenoxy) is 2. The van der Waals surface area contributed by atoms with Crippen LogP contribution in [-0.4, -0.2) is 51.6 Å². The number of hydrogen-bond acceptors (Lipinski definition) is 6. The van der Waals surface area contributed by atoms with E-state index in [1.165, 1.54) is 14.0 Å². The Morgan fingerprint density at radius 3 is 2.56 bits per heavy atom. The summed E-state index contributed by atoms with van der Waals surface area (Å²) in [4.78, 5) is 11.3. The first-order valence-corrected chi connectivity index (χ1v) is 5.55. The summed E-state index contributed by atoms with van der Waals surface area (Å²) in [5.74, 6) is -1.41. The van der Waals surface area contributed by atoms with Gasteiger partial charge in [0.2, 0.25) is 16.2 Å². The lowest BCUT2D eigenvalue weighted by molar-refractivity contribution is -0.188. The second-order valence-corrected chi connectivity index (χ2v) is 4.31. The Kier molecular flexibility index (Phi) is 3.32.